The molecule has 2 aromatic rings. The number of benzene rings is 1. The fourth-order valence-corrected chi connectivity index (χ4v) is 3.12. The maximum absolute atomic E-state index is 11.9. The van der Waals surface area contributed by atoms with Crippen LogP contribution in [-0.4, -0.2) is 39.6 Å². The minimum atomic E-state index is -0.507. The van der Waals surface area contributed by atoms with Gasteiger partial charge in [0.05, 0.1) is 21.4 Å². The molecule has 0 radical (unpaired) electrons. The van der Waals surface area contributed by atoms with Gasteiger partial charge in [-0.15, -0.1) is 0 Å². The lowest BCUT2D eigenvalue weighted by molar-refractivity contribution is -0.384. The van der Waals surface area contributed by atoms with Crippen molar-refractivity contribution in [2.75, 3.05) is 24.2 Å². The van der Waals surface area contributed by atoms with Crippen molar-refractivity contribution in [3.8, 4) is 0 Å². The highest BCUT2D eigenvalue weighted by molar-refractivity contribution is 7.99. The van der Waals surface area contributed by atoms with Gasteiger partial charge in [-0.2, -0.15) is 0 Å². The lowest BCUT2D eigenvalue weighted by atomic mass is 10.3. The molecule has 1 aromatic heterocycles. The molecule has 0 bridgehead atoms. The Kier molecular flexibility index (Phi) is 7.16. The quantitative estimate of drug-likeness (QED) is 0.232. The predicted molar refractivity (Wildman–Crippen MR) is 102 cm³/mol. The highest BCUT2D eigenvalue weighted by Gasteiger charge is 2.09. The molecule has 2 N–H and O–H groups in total. The molecule has 0 atom stereocenters. The average Bonchev–Trinajstić information content (AvgIpc) is 2.57. The third-order valence-corrected chi connectivity index (χ3v) is 4.38. The molecular formula is C16H18ClN5O3S. The van der Waals surface area contributed by atoms with Gasteiger partial charge in [0.25, 0.3) is 5.69 Å². The van der Waals surface area contributed by atoms with Crippen molar-refractivity contribution in [3.05, 3.63) is 50.8 Å². The second-order valence-electron chi connectivity index (χ2n) is 5.42. The van der Waals surface area contributed by atoms with Crippen LogP contribution in [0.3, 0.4) is 0 Å². The first-order valence-electron chi connectivity index (χ1n) is 7.75. The first kappa shape index (κ1) is 19.9. The molecule has 0 unspecified atom stereocenters. The molecule has 26 heavy (non-hydrogen) atoms. The monoisotopic (exact) mass is 395 g/mol. The molecule has 2 rings (SSSR count). The number of aryl methyl sites for hydroxylation is 2. The van der Waals surface area contributed by atoms with Gasteiger partial charge in [0.2, 0.25) is 5.91 Å². The minimum absolute atomic E-state index is 0.0699. The minimum Gasteiger partial charge on any atom is -0.382 e. The molecule has 0 saturated heterocycles. The molecule has 1 aromatic carbocycles. The van der Waals surface area contributed by atoms with Crippen LogP contribution in [0.5, 0.6) is 0 Å². The van der Waals surface area contributed by atoms with Gasteiger partial charge in [-0.1, -0.05) is 23.4 Å². The number of carbonyl (C=O) groups excluding carboxylic acids is 1. The number of nitro benzene ring substituents is 1. The summed E-state index contributed by atoms with van der Waals surface area (Å²) in [4.78, 5) is 30.6. The maximum atomic E-state index is 11.9. The van der Waals surface area contributed by atoms with Crippen molar-refractivity contribution >= 4 is 40.6 Å². The number of rotatable bonds is 8. The number of anilines is 1. The fourth-order valence-electron chi connectivity index (χ4n) is 2.10. The summed E-state index contributed by atoms with van der Waals surface area (Å²) < 4.78 is 0. The van der Waals surface area contributed by atoms with Crippen molar-refractivity contribution in [2.24, 2.45) is 0 Å². The number of amides is 1. The van der Waals surface area contributed by atoms with Gasteiger partial charge < -0.3 is 10.6 Å². The number of non-ortho nitro benzene ring substituents is 1. The third-order valence-electron chi connectivity index (χ3n) is 3.22. The second kappa shape index (κ2) is 9.35. The van der Waals surface area contributed by atoms with Crippen LogP contribution in [-0.2, 0) is 4.79 Å². The Morgan fingerprint density at radius 3 is 2.54 bits per heavy atom. The van der Waals surface area contributed by atoms with Gasteiger partial charge in [0.15, 0.2) is 5.16 Å². The Hall–Kier alpha value is -2.39. The van der Waals surface area contributed by atoms with Crippen LogP contribution in [0.4, 0.5) is 11.4 Å². The smallest absolute Gasteiger partial charge is 0.271 e. The summed E-state index contributed by atoms with van der Waals surface area (Å²) in [5, 5.41) is 17.3. The van der Waals surface area contributed by atoms with Crippen molar-refractivity contribution in [1.29, 1.82) is 0 Å². The average molecular weight is 396 g/mol. The number of aromatic nitrogens is 2. The topological polar surface area (TPSA) is 110 Å². The molecule has 0 aliphatic heterocycles. The summed E-state index contributed by atoms with van der Waals surface area (Å²) in [6, 6.07) is 6.06. The summed E-state index contributed by atoms with van der Waals surface area (Å²) in [5.74, 6) is 0.0932. The molecule has 0 spiro atoms. The molecule has 1 amide bonds. The summed E-state index contributed by atoms with van der Waals surface area (Å²) >= 11 is 7.26. The highest BCUT2D eigenvalue weighted by Crippen LogP contribution is 2.26. The van der Waals surface area contributed by atoms with Gasteiger partial charge in [-0.3, -0.25) is 14.9 Å². The van der Waals surface area contributed by atoms with Gasteiger partial charge in [0, 0.05) is 36.6 Å². The Labute approximate surface area is 159 Å². The van der Waals surface area contributed by atoms with E-state index >= 15 is 0 Å². The first-order valence-corrected chi connectivity index (χ1v) is 9.11. The number of carbonyl (C=O) groups is 1. The number of hydrogen-bond donors (Lipinski definition) is 2. The van der Waals surface area contributed by atoms with Crippen LogP contribution in [0.2, 0.25) is 5.02 Å². The number of thioether (sulfide) groups is 1. The zero-order chi connectivity index (χ0) is 19.1. The van der Waals surface area contributed by atoms with E-state index in [1.807, 2.05) is 19.9 Å². The molecular weight excluding hydrogens is 378 g/mol. The lowest BCUT2D eigenvalue weighted by Gasteiger charge is -2.09. The first-order chi connectivity index (χ1) is 12.3. The molecule has 138 valence electrons. The van der Waals surface area contributed by atoms with Gasteiger partial charge in [0.1, 0.15) is 0 Å². The standard InChI is InChI=1S/C16H18ClN5O3S/c1-10-7-11(2)21-16(20-10)26-9-15(23)19-6-5-18-14-4-3-12(22(24)25)8-13(14)17/h3-4,7-8,18H,5-6,9H2,1-2H3,(H,19,23). The van der Waals surface area contributed by atoms with Crippen molar-refractivity contribution in [1.82, 2.24) is 15.3 Å². The van der Waals surface area contributed by atoms with Gasteiger partial charge >= 0.3 is 0 Å². The van der Waals surface area contributed by atoms with Crippen molar-refractivity contribution in [2.45, 2.75) is 19.0 Å². The number of hydrogen-bond acceptors (Lipinski definition) is 7. The van der Waals surface area contributed by atoms with Gasteiger partial charge in [-0.25, -0.2) is 9.97 Å². The SMILES string of the molecule is Cc1cc(C)nc(SCC(=O)NCCNc2ccc([N+](=O)[O-])cc2Cl)n1. The van der Waals surface area contributed by atoms with Crippen LogP contribution in [0, 0.1) is 24.0 Å². The van der Waals surface area contributed by atoms with E-state index < -0.39 is 4.92 Å². The Balaban J connectivity index is 1.72. The zero-order valence-corrected chi connectivity index (χ0v) is 15.9. The van der Waals surface area contributed by atoms with E-state index in [-0.39, 0.29) is 22.4 Å². The summed E-state index contributed by atoms with van der Waals surface area (Å²) in [6.45, 7) is 4.59. The van der Waals surface area contributed by atoms with E-state index in [2.05, 4.69) is 20.6 Å². The van der Waals surface area contributed by atoms with Crippen molar-refractivity contribution < 1.29 is 9.72 Å². The van der Waals surface area contributed by atoms with E-state index in [0.717, 1.165) is 11.4 Å². The normalized spacial score (nSPS) is 10.4. The molecule has 1 heterocycles. The Bertz CT molecular complexity index is 798. The van der Waals surface area contributed by atoms with E-state index in [4.69, 9.17) is 11.6 Å². The molecule has 10 heteroatoms. The Morgan fingerprint density at radius 2 is 1.92 bits per heavy atom. The van der Waals surface area contributed by atoms with Crippen LogP contribution in [0.25, 0.3) is 0 Å². The van der Waals surface area contributed by atoms with Crippen molar-refractivity contribution in [3.63, 3.8) is 0 Å². The highest BCUT2D eigenvalue weighted by atomic mass is 35.5. The summed E-state index contributed by atoms with van der Waals surface area (Å²) in [5.41, 5.74) is 2.23. The maximum Gasteiger partial charge on any atom is 0.271 e. The van der Waals surface area contributed by atoms with E-state index in [1.165, 1.54) is 30.0 Å². The van der Waals surface area contributed by atoms with Gasteiger partial charge in [-0.05, 0) is 26.0 Å². The van der Waals surface area contributed by atoms with Crippen LogP contribution >= 0.6 is 23.4 Å². The predicted octanol–water partition coefficient (Wildman–Crippen LogP) is 2.98. The van der Waals surface area contributed by atoms with E-state index in [0.29, 0.717) is 23.9 Å². The third kappa shape index (κ3) is 6.16. The van der Waals surface area contributed by atoms with Crippen LogP contribution in [0.15, 0.2) is 29.4 Å². The number of nitrogens with one attached hydrogen (secondary N) is 2. The molecule has 0 fully saturated rings. The number of nitro groups is 1. The molecule has 0 aliphatic carbocycles. The number of nitrogens with zero attached hydrogens (tertiary/aromatic N) is 3. The summed E-state index contributed by atoms with van der Waals surface area (Å²) in [6.07, 6.45) is 0. The van der Waals surface area contributed by atoms with E-state index in [9.17, 15) is 14.9 Å². The summed E-state index contributed by atoms with van der Waals surface area (Å²) in [7, 11) is 0. The largest absolute Gasteiger partial charge is 0.382 e. The second-order valence-corrected chi connectivity index (χ2v) is 6.77. The zero-order valence-electron chi connectivity index (χ0n) is 14.3. The van der Waals surface area contributed by atoms with Crippen LogP contribution < -0.4 is 10.6 Å². The van der Waals surface area contributed by atoms with Crippen LogP contribution in [0.1, 0.15) is 11.4 Å². The molecule has 8 nitrogen and oxygen atoms in total. The number of halogens is 1. The fraction of sp³-hybridized carbons (Fsp3) is 0.312. The molecule has 0 saturated carbocycles. The lowest BCUT2D eigenvalue weighted by Crippen LogP contribution is -2.30. The molecule has 0 aliphatic rings. The van der Waals surface area contributed by atoms with E-state index in [1.54, 1.807) is 0 Å². The Morgan fingerprint density at radius 1 is 1.23 bits per heavy atom.